The highest BCUT2D eigenvalue weighted by Crippen LogP contribution is 2.26. The first-order valence-electron chi connectivity index (χ1n) is 4.76. The van der Waals surface area contributed by atoms with E-state index in [2.05, 4.69) is 17.6 Å². The average Bonchev–Trinajstić information content (AvgIpc) is 2.07. The normalized spacial score (nSPS) is 20.8. The molecule has 1 rings (SSSR count). The van der Waals surface area contributed by atoms with Gasteiger partial charge < -0.3 is 5.32 Å². The van der Waals surface area contributed by atoms with Crippen LogP contribution in [0.1, 0.15) is 38.5 Å². The van der Waals surface area contributed by atoms with Crippen LogP contribution >= 0.6 is 0 Å². The molecule has 1 N–H and O–H groups in total. The van der Waals surface area contributed by atoms with Gasteiger partial charge in [-0.05, 0) is 18.5 Å². The molecule has 0 amide bonds. The van der Waals surface area contributed by atoms with E-state index in [1.807, 2.05) is 7.05 Å². The molecule has 1 aliphatic rings. The fourth-order valence-electron chi connectivity index (χ4n) is 1.80. The smallest absolute Gasteiger partial charge is 0.00276 e. The maximum absolute atomic E-state index is 3.03. The molecule has 1 aliphatic carbocycles. The highest BCUT2D eigenvalue weighted by atomic mass is 14.8. The second-order valence-corrected chi connectivity index (χ2v) is 3.43. The Morgan fingerprint density at radius 1 is 1.27 bits per heavy atom. The van der Waals surface area contributed by atoms with Gasteiger partial charge in [-0.3, -0.25) is 0 Å². The lowest BCUT2D eigenvalue weighted by Gasteiger charge is -2.19. The molecule has 0 aliphatic heterocycles. The zero-order valence-electron chi connectivity index (χ0n) is 7.47. The Labute approximate surface area is 69.9 Å². The number of allylic oxidation sites excluding steroid dienone is 1. The molecule has 1 nitrogen and oxygen atoms in total. The summed E-state index contributed by atoms with van der Waals surface area (Å²) < 4.78 is 0. The summed E-state index contributed by atoms with van der Waals surface area (Å²) in [6.45, 7) is 0. The van der Waals surface area contributed by atoms with Crippen LogP contribution in [0.2, 0.25) is 0 Å². The molecule has 0 atom stereocenters. The van der Waals surface area contributed by atoms with E-state index >= 15 is 0 Å². The summed E-state index contributed by atoms with van der Waals surface area (Å²) in [5, 5.41) is 3.03. The second kappa shape index (κ2) is 5.22. The van der Waals surface area contributed by atoms with Crippen LogP contribution < -0.4 is 5.32 Å². The van der Waals surface area contributed by atoms with Crippen LogP contribution in [0.25, 0.3) is 0 Å². The molecule has 0 spiro atoms. The maximum Gasteiger partial charge on any atom is 0.00276 e. The van der Waals surface area contributed by atoms with Crippen LogP contribution in [-0.4, -0.2) is 7.05 Å². The molecule has 0 heterocycles. The maximum atomic E-state index is 3.03. The summed E-state index contributed by atoms with van der Waals surface area (Å²) in [5.74, 6) is 0.980. The van der Waals surface area contributed by atoms with Gasteiger partial charge in [0.05, 0.1) is 0 Å². The van der Waals surface area contributed by atoms with Crippen molar-refractivity contribution in [3.63, 3.8) is 0 Å². The first-order chi connectivity index (χ1) is 5.43. The van der Waals surface area contributed by atoms with Crippen LogP contribution in [-0.2, 0) is 0 Å². The minimum atomic E-state index is 0.980. The molecule has 0 aromatic rings. The van der Waals surface area contributed by atoms with Crippen LogP contribution in [0.4, 0.5) is 0 Å². The summed E-state index contributed by atoms with van der Waals surface area (Å²) in [4.78, 5) is 0. The van der Waals surface area contributed by atoms with Crippen molar-refractivity contribution < 1.29 is 0 Å². The van der Waals surface area contributed by atoms with E-state index in [-0.39, 0.29) is 0 Å². The van der Waals surface area contributed by atoms with Crippen molar-refractivity contribution in [3.05, 3.63) is 12.3 Å². The first kappa shape index (κ1) is 8.63. The number of nitrogens with one attached hydrogen (secondary N) is 1. The molecule has 64 valence electrons. The first-order valence-corrected chi connectivity index (χ1v) is 4.76. The van der Waals surface area contributed by atoms with Gasteiger partial charge >= 0.3 is 0 Å². The van der Waals surface area contributed by atoms with Gasteiger partial charge in [-0.15, -0.1) is 0 Å². The summed E-state index contributed by atoms with van der Waals surface area (Å²) in [5.41, 5.74) is 0. The highest BCUT2D eigenvalue weighted by Gasteiger charge is 2.10. The van der Waals surface area contributed by atoms with E-state index in [0.717, 1.165) is 5.92 Å². The Kier molecular flexibility index (Phi) is 4.10. The number of hydrogen-bond acceptors (Lipinski definition) is 1. The molecular formula is C10H19N. The molecule has 1 heteroatoms. The summed E-state index contributed by atoms with van der Waals surface area (Å²) in [7, 11) is 1.96. The fraction of sp³-hybridized carbons (Fsp3) is 0.800. The zero-order chi connectivity index (χ0) is 7.94. The molecule has 0 aromatic carbocycles. The monoisotopic (exact) mass is 153 g/mol. The predicted octanol–water partition coefficient (Wildman–Crippen LogP) is 2.69. The van der Waals surface area contributed by atoms with E-state index in [0.29, 0.717) is 0 Å². The standard InChI is InChI=1S/C10H19N/c1-11-9-5-8-10-6-3-2-4-7-10/h5,9-11H,2-4,6-8H2,1H3. The third kappa shape index (κ3) is 3.45. The average molecular weight is 153 g/mol. The van der Waals surface area contributed by atoms with Crippen molar-refractivity contribution in [2.75, 3.05) is 7.05 Å². The molecule has 11 heavy (non-hydrogen) atoms. The Morgan fingerprint density at radius 3 is 2.64 bits per heavy atom. The van der Waals surface area contributed by atoms with Crippen LogP contribution in [0.15, 0.2) is 12.3 Å². The van der Waals surface area contributed by atoms with Gasteiger partial charge in [0.25, 0.3) is 0 Å². The minimum Gasteiger partial charge on any atom is -0.394 e. The molecule has 0 unspecified atom stereocenters. The van der Waals surface area contributed by atoms with E-state index in [1.165, 1.54) is 38.5 Å². The van der Waals surface area contributed by atoms with Crippen molar-refractivity contribution in [3.8, 4) is 0 Å². The van der Waals surface area contributed by atoms with Gasteiger partial charge in [0, 0.05) is 7.05 Å². The van der Waals surface area contributed by atoms with E-state index in [9.17, 15) is 0 Å². The topological polar surface area (TPSA) is 12.0 Å². The van der Waals surface area contributed by atoms with Gasteiger partial charge in [0.15, 0.2) is 0 Å². The minimum absolute atomic E-state index is 0.980. The molecular weight excluding hydrogens is 134 g/mol. The number of rotatable bonds is 3. The SMILES string of the molecule is CNC=CCC1CCCCC1. The largest absolute Gasteiger partial charge is 0.394 e. The van der Waals surface area contributed by atoms with Gasteiger partial charge in [0.1, 0.15) is 0 Å². The lowest BCUT2D eigenvalue weighted by Crippen LogP contribution is -2.05. The van der Waals surface area contributed by atoms with E-state index in [1.54, 1.807) is 0 Å². The Hall–Kier alpha value is -0.460. The van der Waals surface area contributed by atoms with Gasteiger partial charge in [0.2, 0.25) is 0 Å². The summed E-state index contributed by atoms with van der Waals surface area (Å²) >= 11 is 0. The molecule has 1 fully saturated rings. The third-order valence-corrected chi connectivity index (χ3v) is 2.48. The Balaban J connectivity index is 2.09. The quantitative estimate of drug-likeness (QED) is 0.657. The Bertz CT molecular complexity index is 112. The highest BCUT2D eigenvalue weighted by molar-refractivity contribution is 4.82. The van der Waals surface area contributed by atoms with Crippen molar-refractivity contribution in [2.45, 2.75) is 38.5 Å². The second-order valence-electron chi connectivity index (χ2n) is 3.43. The lowest BCUT2D eigenvalue weighted by atomic mass is 9.87. The predicted molar refractivity (Wildman–Crippen MR) is 49.4 cm³/mol. The zero-order valence-corrected chi connectivity index (χ0v) is 7.47. The molecule has 0 radical (unpaired) electrons. The van der Waals surface area contributed by atoms with E-state index in [4.69, 9.17) is 0 Å². The molecule has 1 saturated carbocycles. The fourth-order valence-corrected chi connectivity index (χ4v) is 1.80. The molecule has 0 saturated heterocycles. The van der Waals surface area contributed by atoms with Crippen molar-refractivity contribution >= 4 is 0 Å². The lowest BCUT2D eigenvalue weighted by molar-refractivity contribution is 0.361. The molecule has 0 bridgehead atoms. The van der Waals surface area contributed by atoms with Crippen LogP contribution in [0.5, 0.6) is 0 Å². The van der Waals surface area contributed by atoms with Crippen LogP contribution in [0, 0.1) is 5.92 Å². The van der Waals surface area contributed by atoms with Crippen molar-refractivity contribution in [1.82, 2.24) is 5.32 Å². The van der Waals surface area contributed by atoms with E-state index < -0.39 is 0 Å². The third-order valence-electron chi connectivity index (χ3n) is 2.48. The summed E-state index contributed by atoms with van der Waals surface area (Å²) in [6.07, 6.45) is 12.9. The Morgan fingerprint density at radius 2 is 2.00 bits per heavy atom. The van der Waals surface area contributed by atoms with Crippen LogP contribution in [0.3, 0.4) is 0 Å². The van der Waals surface area contributed by atoms with Gasteiger partial charge in [-0.1, -0.05) is 38.2 Å². The van der Waals surface area contributed by atoms with Crippen molar-refractivity contribution in [2.24, 2.45) is 5.92 Å². The number of hydrogen-bond donors (Lipinski definition) is 1. The summed E-state index contributed by atoms with van der Waals surface area (Å²) in [6, 6.07) is 0. The van der Waals surface area contributed by atoms with Gasteiger partial charge in [-0.2, -0.15) is 0 Å². The molecule has 0 aromatic heterocycles. The van der Waals surface area contributed by atoms with Crippen molar-refractivity contribution in [1.29, 1.82) is 0 Å². The van der Waals surface area contributed by atoms with Gasteiger partial charge in [-0.25, -0.2) is 0 Å².